The molecule has 0 aliphatic heterocycles. The van der Waals surface area contributed by atoms with Gasteiger partial charge in [-0.25, -0.2) is 9.97 Å². The zero-order valence-corrected chi connectivity index (χ0v) is 16.9. The molecule has 1 aromatic heterocycles. The molecule has 27 heavy (non-hydrogen) atoms. The molecular weight excluding hydrogens is 340 g/mol. The fourth-order valence-corrected chi connectivity index (χ4v) is 2.44. The number of hydrogen-bond donors (Lipinski definition) is 3. The third-order valence-electron chi connectivity index (χ3n) is 3.90. The van der Waals surface area contributed by atoms with Crippen LogP contribution in [0.5, 0.6) is 0 Å². The van der Waals surface area contributed by atoms with Crippen molar-refractivity contribution in [3.8, 4) is 0 Å². The highest BCUT2D eigenvalue weighted by Gasteiger charge is 2.05. The standard InChI is InChI=1S/C21H34N4O2/c1-5-12-27-16-18(6-2)14-19(13-17(4)9-11-26)24-15-21-23-10-8-20(25-21)22-7-3/h5,8,10,13-14,17,24,26H,1,6-7,9,11-12,15-16H2,2-4H3,(H,22,23,25)/b18-14+,19-13+/t17-/m1/s1. The van der Waals surface area contributed by atoms with Gasteiger partial charge in [-0.3, -0.25) is 0 Å². The molecule has 0 spiro atoms. The Kier molecular flexibility index (Phi) is 11.8. The number of nitrogens with one attached hydrogen (secondary N) is 2. The summed E-state index contributed by atoms with van der Waals surface area (Å²) in [7, 11) is 0. The third-order valence-corrected chi connectivity index (χ3v) is 3.90. The zero-order valence-electron chi connectivity index (χ0n) is 16.9. The lowest BCUT2D eigenvalue weighted by atomic mass is 10.1. The summed E-state index contributed by atoms with van der Waals surface area (Å²) < 4.78 is 5.58. The van der Waals surface area contributed by atoms with Gasteiger partial charge in [0.15, 0.2) is 0 Å². The van der Waals surface area contributed by atoms with E-state index < -0.39 is 0 Å². The highest BCUT2D eigenvalue weighted by atomic mass is 16.5. The molecule has 0 amide bonds. The maximum Gasteiger partial charge on any atom is 0.149 e. The van der Waals surface area contributed by atoms with Crippen LogP contribution in [-0.2, 0) is 11.3 Å². The van der Waals surface area contributed by atoms with E-state index in [1.54, 1.807) is 12.3 Å². The van der Waals surface area contributed by atoms with Gasteiger partial charge in [0.1, 0.15) is 11.6 Å². The first-order valence-corrected chi connectivity index (χ1v) is 9.63. The summed E-state index contributed by atoms with van der Waals surface area (Å²) in [6.07, 6.45) is 9.38. The van der Waals surface area contributed by atoms with E-state index in [-0.39, 0.29) is 12.5 Å². The van der Waals surface area contributed by atoms with E-state index in [1.807, 2.05) is 13.0 Å². The second-order valence-corrected chi connectivity index (χ2v) is 6.31. The number of anilines is 1. The van der Waals surface area contributed by atoms with Crippen molar-refractivity contribution in [2.24, 2.45) is 5.92 Å². The first-order chi connectivity index (χ1) is 13.1. The van der Waals surface area contributed by atoms with E-state index >= 15 is 0 Å². The quantitative estimate of drug-likeness (QED) is 0.263. The number of allylic oxidation sites excluding steroid dienone is 2. The summed E-state index contributed by atoms with van der Waals surface area (Å²) in [5.41, 5.74) is 2.18. The first-order valence-electron chi connectivity index (χ1n) is 9.63. The predicted octanol–water partition coefficient (Wildman–Crippen LogP) is 3.44. The van der Waals surface area contributed by atoms with Crippen molar-refractivity contribution in [1.29, 1.82) is 0 Å². The molecule has 0 fully saturated rings. The van der Waals surface area contributed by atoms with Crippen LogP contribution < -0.4 is 10.6 Å². The second-order valence-electron chi connectivity index (χ2n) is 6.31. The number of ether oxygens (including phenoxy) is 1. The Bertz CT molecular complexity index is 614. The SMILES string of the molecule is C=CCOC/C(=C/C(=C\[C@H](C)CCO)NCc1nccc(NCC)n1)CC. The topological polar surface area (TPSA) is 79.3 Å². The largest absolute Gasteiger partial charge is 0.396 e. The highest BCUT2D eigenvalue weighted by Crippen LogP contribution is 2.12. The van der Waals surface area contributed by atoms with Gasteiger partial charge >= 0.3 is 0 Å². The summed E-state index contributed by atoms with van der Waals surface area (Å²) in [4.78, 5) is 8.83. The van der Waals surface area contributed by atoms with E-state index in [1.165, 1.54) is 5.57 Å². The molecule has 1 aromatic rings. The molecule has 6 nitrogen and oxygen atoms in total. The molecule has 0 aliphatic carbocycles. The number of nitrogens with zero attached hydrogens (tertiary/aromatic N) is 2. The van der Waals surface area contributed by atoms with Crippen LogP contribution in [0.1, 0.15) is 39.4 Å². The van der Waals surface area contributed by atoms with Crippen LogP contribution in [0.15, 0.2) is 48.3 Å². The molecule has 3 N–H and O–H groups in total. The lowest BCUT2D eigenvalue weighted by Crippen LogP contribution is -2.16. The Morgan fingerprint density at radius 3 is 2.89 bits per heavy atom. The summed E-state index contributed by atoms with van der Waals surface area (Å²) in [6.45, 7) is 12.5. The van der Waals surface area contributed by atoms with Crippen LogP contribution in [0.2, 0.25) is 0 Å². The highest BCUT2D eigenvalue weighted by molar-refractivity contribution is 5.32. The number of hydrogen-bond acceptors (Lipinski definition) is 6. The fourth-order valence-electron chi connectivity index (χ4n) is 2.44. The normalized spacial score (nSPS) is 13.3. The number of aliphatic hydroxyl groups is 1. The van der Waals surface area contributed by atoms with Gasteiger partial charge in [-0.2, -0.15) is 0 Å². The van der Waals surface area contributed by atoms with Crippen LogP contribution in [-0.4, -0.2) is 41.4 Å². The summed E-state index contributed by atoms with van der Waals surface area (Å²) in [6, 6.07) is 1.86. The Labute approximate surface area is 163 Å². The van der Waals surface area contributed by atoms with Gasteiger partial charge in [0.05, 0.1) is 19.8 Å². The molecule has 1 atom stereocenters. The molecule has 0 unspecified atom stereocenters. The van der Waals surface area contributed by atoms with Gasteiger partial charge in [-0.05, 0) is 43.4 Å². The van der Waals surface area contributed by atoms with E-state index in [4.69, 9.17) is 4.74 Å². The summed E-state index contributed by atoms with van der Waals surface area (Å²) >= 11 is 0. The van der Waals surface area contributed by atoms with Crippen LogP contribution in [0.3, 0.4) is 0 Å². The van der Waals surface area contributed by atoms with Crippen molar-refractivity contribution in [1.82, 2.24) is 15.3 Å². The second kappa shape index (κ2) is 13.9. The van der Waals surface area contributed by atoms with E-state index in [0.717, 1.165) is 36.7 Å². The van der Waals surface area contributed by atoms with Crippen molar-refractivity contribution in [3.63, 3.8) is 0 Å². The average Bonchev–Trinajstić information content (AvgIpc) is 2.66. The molecule has 0 saturated carbocycles. The number of rotatable bonds is 14. The molecule has 0 saturated heterocycles. The third kappa shape index (κ3) is 9.92. The van der Waals surface area contributed by atoms with Gasteiger partial charge in [-0.1, -0.05) is 26.0 Å². The predicted molar refractivity (Wildman–Crippen MR) is 111 cm³/mol. The summed E-state index contributed by atoms with van der Waals surface area (Å²) in [5.74, 6) is 1.81. The Balaban J connectivity index is 2.87. The molecule has 0 aliphatic rings. The number of aromatic nitrogens is 2. The molecule has 1 heterocycles. The fraction of sp³-hybridized carbons (Fsp3) is 0.524. The van der Waals surface area contributed by atoms with Gasteiger partial charge in [0.25, 0.3) is 0 Å². The van der Waals surface area contributed by atoms with Crippen molar-refractivity contribution in [2.75, 3.05) is 31.7 Å². The van der Waals surface area contributed by atoms with Gasteiger partial charge in [-0.15, -0.1) is 6.58 Å². The van der Waals surface area contributed by atoms with Crippen LogP contribution in [0.25, 0.3) is 0 Å². The minimum atomic E-state index is 0.172. The Morgan fingerprint density at radius 2 is 2.22 bits per heavy atom. The minimum absolute atomic E-state index is 0.172. The molecule has 6 heteroatoms. The van der Waals surface area contributed by atoms with Crippen molar-refractivity contribution in [3.05, 3.63) is 54.2 Å². The zero-order chi connectivity index (χ0) is 19.9. The van der Waals surface area contributed by atoms with Crippen LogP contribution >= 0.6 is 0 Å². The lowest BCUT2D eigenvalue weighted by molar-refractivity contribution is 0.185. The van der Waals surface area contributed by atoms with Crippen LogP contribution in [0.4, 0.5) is 5.82 Å². The van der Waals surface area contributed by atoms with E-state index in [2.05, 4.69) is 53.2 Å². The van der Waals surface area contributed by atoms with Gasteiger partial charge in [0, 0.05) is 25.0 Å². The Morgan fingerprint density at radius 1 is 1.41 bits per heavy atom. The molecule has 150 valence electrons. The maximum atomic E-state index is 9.19. The Hall–Kier alpha value is -2.18. The van der Waals surface area contributed by atoms with Crippen molar-refractivity contribution < 1.29 is 9.84 Å². The van der Waals surface area contributed by atoms with E-state index in [0.29, 0.717) is 19.8 Å². The first kappa shape index (κ1) is 22.9. The van der Waals surface area contributed by atoms with Gasteiger partial charge < -0.3 is 20.5 Å². The lowest BCUT2D eigenvalue weighted by Gasteiger charge is -2.13. The average molecular weight is 375 g/mol. The monoisotopic (exact) mass is 374 g/mol. The van der Waals surface area contributed by atoms with Crippen molar-refractivity contribution >= 4 is 5.82 Å². The van der Waals surface area contributed by atoms with E-state index in [9.17, 15) is 5.11 Å². The smallest absolute Gasteiger partial charge is 0.149 e. The maximum absolute atomic E-state index is 9.19. The molecule has 1 rings (SSSR count). The minimum Gasteiger partial charge on any atom is -0.396 e. The number of aliphatic hydroxyl groups excluding tert-OH is 1. The molecule has 0 aromatic carbocycles. The molecular formula is C21H34N4O2. The van der Waals surface area contributed by atoms with Gasteiger partial charge in [0.2, 0.25) is 0 Å². The molecule has 0 bridgehead atoms. The van der Waals surface area contributed by atoms with Crippen LogP contribution in [0, 0.1) is 5.92 Å². The molecule has 0 radical (unpaired) electrons. The summed E-state index contributed by atoms with van der Waals surface area (Å²) in [5, 5.41) is 15.8. The van der Waals surface area contributed by atoms with Crippen molar-refractivity contribution in [2.45, 2.75) is 40.2 Å².